The van der Waals surface area contributed by atoms with Crippen LogP contribution in [0.1, 0.15) is 33.3 Å². The van der Waals surface area contributed by atoms with E-state index in [2.05, 4.69) is 11.4 Å². The van der Waals surface area contributed by atoms with Crippen LogP contribution >= 0.6 is 23.2 Å². The van der Waals surface area contributed by atoms with Gasteiger partial charge >= 0.3 is 0 Å². The fourth-order valence-electron chi connectivity index (χ4n) is 1.94. The average Bonchev–Trinajstić information content (AvgIpc) is 2.50. The Morgan fingerprint density at radius 3 is 2.52 bits per heavy atom. The van der Waals surface area contributed by atoms with Gasteiger partial charge in [-0.3, -0.25) is 9.69 Å². The minimum absolute atomic E-state index is 0.0105. The summed E-state index contributed by atoms with van der Waals surface area (Å²) in [5, 5.41) is 13.1. The molecule has 0 aliphatic carbocycles. The zero-order valence-electron chi connectivity index (χ0n) is 14.2. The third kappa shape index (κ3) is 4.84. The number of hydrogen-bond acceptors (Lipinski definition) is 3. The third-order valence-corrected chi connectivity index (χ3v) is 5.12. The number of nitrogens with zero attached hydrogens (tertiary/aromatic N) is 2. The highest BCUT2D eigenvalue weighted by Gasteiger charge is 2.32. The van der Waals surface area contributed by atoms with Crippen LogP contribution in [-0.4, -0.2) is 29.4 Å². The normalized spacial score (nSPS) is 15.1. The van der Waals surface area contributed by atoms with Gasteiger partial charge in [0.05, 0.1) is 22.2 Å². The molecule has 0 aromatic heterocycles. The first-order valence-electron chi connectivity index (χ1n) is 7.48. The number of amides is 1. The maximum atomic E-state index is 12.4. The Balaban J connectivity index is 2.80. The van der Waals surface area contributed by atoms with E-state index in [9.17, 15) is 10.1 Å². The van der Waals surface area contributed by atoms with Gasteiger partial charge in [-0.05, 0) is 38.4 Å². The quantitative estimate of drug-likeness (QED) is 0.842. The smallest absolute Gasteiger partial charge is 0.238 e. The summed E-state index contributed by atoms with van der Waals surface area (Å²) >= 11 is 12.2. The van der Waals surface area contributed by atoms with Gasteiger partial charge in [0.2, 0.25) is 5.91 Å². The second-order valence-electron chi connectivity index (χ2n) is 6.26. The van der Waals surface area contributed by atoms with Gasteiger partial charge in [-0.1, -0.05) is 49.2 Å². The number of nitrogens with one attached hydrogen (secondary N) is 1. The highest BCUT2D eigenvalue weighted by atomic mass is 35.5. The van der Waals surface area contributed by atoms with Crippen molar-refractivity contribution in [3.05, 3.63) is 33.8 Å². The van der Waals surface area contributed by atoms with Gasteiger partial charge in [-0.15, -0.1) is 0 Å². The molecule has 0 spiro atoms. The number of nitriles is 1. The number of hydrogen-bond donors (Lipinski definition) is 1. The lowest BCUT2D eigenvalue weighted by molar-refractivity contribution is -0.127. The number of carbonyl (C=O) groups is 1. The number of halogens is 2. The van der Waals surface area contributed by atoms with Gasteiger partial charge in [0.15, 0.2) is 0 Å². The first-order valence-corrected chi connectivity index (χ1v) is 8.24. The number of benzene rings is 1. The summed E-state index contributed by atoms with van der Waals surface area (Å²) < 4.78 is 0. The first kappa shape index (κ1) is 19.8. The van der Waals surface area contributed by atoms with Gasteiger partial charge < -0.3 is 5.32 Å². The van der Waals surface area contributed by atoms with Gasteiger partial charge in [0.25, 0.3) is 0 Å². The molecule has 0 aliphatic heterocycles. The summed E-state index contributed by atoms with van der Waals surface area (Å²) in [6.45, 7) is 7.83. The molecule has 0 saturated heterocycles. The number of likely N-dealkylation sites (N-methyl/N-ethyl adjacent to an activating group) is 1. The maximum Gasteiger partial charge on any atom is 0.238 e. The molecular formula is C17H23Cl2N3O. The number of rotatable bonds is 6. The Morgan fingerprint density at radius 1 is 1.39 bits per heavy atom. The molecular weight excluding hydrogens is 333 g/mol. The van der Waals surface area contributed by atoms with Crippen molar-refractivity contribution < 1.29 is 4.79 Å². The molecule has 23 heavy (non-hydrogen) atoms. The summed E-state index contributed by atoms with van der Waals surface area (Å²) in [4.78, 5) is 14.3. The van der Waals surface area contributed by atoms with Crippen molar-refractivity contribution in [2.24, 2.45) is 5.92 Å². The lowest BCUT2D eigenvalue weighted by Crippen LogP contribution is -2.54. The second kappa shape index (κ2) is 8.01. The second-order valence-corrected chi connectivity index (χ2v) is 7.05. The van der Waals surface area contributed by atoms with E-state index in [4.69, 9.17) is 23.2 Å². The van der Waals surface area contributed by atoms with Gasteiger partial charge in [0.1, 0.15) is 5.54 Å². The van der Waals surface area contributed by atoms with Crippen molar-refractivity contribution in [1.82, 2.24) is 10.2 Å². The maximum absolute atomic E-state index is 12.4. The highest BCUT2D eigenvalue weighted by molar-refractivity contribution is 6.42. The monoisotopic (exact) mass is 355 g/mol. The van der Waals surface area contributed by atoms with Crippen molar-refractivity contribution in [3.8, 4) is 6.07 Å². The lowest BCUT2D eigenvalue weighted by Gasteiger charge is -2.31. The molecule has 2 atom stereocenters. The molecule has 4 nitrogen and oxygen atoms in total. The topological polar surface area (TPSA) is 56.1 Å². The SMILES string of the molecule is CC(C)[C@@](C)(C#N)NC(=O)[C@@H](C)N(C)Cc1cccc(Cl)c1Cl. The highest BCUT2D eigenvalue weighted by Crippen LogP contribution is 2.26. The van der Waals surface area contributed by atoms with Crippen LogP contribution in [0.25, 0.3) is 0 Å². The zero-order valence-corrected chi connectivity index (χ0v) is 15.7. The van der Waals surface area contributed by atoms with E-state index in [0.717, 1.165) is 5.56 Å². The van der Waals surface area contributed by atoms with Crippen molar-refractivity contribution in [2.75, 3.05) is 7.05 Å². The lowest BCUT2D eigenvalue weighted by atomic mass is 9.90. The van der Waals surface area contributed by atoms with Gasteiger partial charge in [-0.2, -0.15) is 5.26 Å². The Labute approximate surface area is 148 Å². The summed E-state index contributed by atoms with van der Waals surface area (Å²) in [7, 11) is 1.83. The van der Waals surface area contributed by atoms with Crippen molar-refractivity contribution in [1.29, 1.82) is 5.26 Å². The van der Waals surface area contributed by atoms with Crippen LogP contribution < -0.4 is 5.32 Å². The summed E-state index contributed by atoms with van der Waals surface area (Å²) in [5.41, 5.74) is -0.0342. The van der Waals surface area contributed by atoms with Crippen molar-refractivity contribution in [3.63, 3.8) is 0 Å². The largest absolute Gasteiger partial charge is 0.336 e. The van der Waals surface area contributed by atoms with E-state index in [1.54, 1.807) is 19.9 Å². The predicted octanol–water partition coefficient (Wildman–Crippen LogP) is 3.87. The van der Waals surface area contributed by atoms with Crippen LogP contribution in [0.2, 0.25) is 10.0 Å². The van der Waals surface area contributed by atoms with E-state index in [-0.39, 0.29) is 11.8 Å². The molecule has 0 saturated carbocycles. The van der Waals surface area contributed by atoms with Gasteiger partial charge in [0, 0.05) is 6.54 Å². The molecule has 0 fully saturated rings. The van der Waals surface area contributed by atoms with E-state index < -0.39 is 11.6 Å². The fourth-order valence-corrected chi connectivity index (χ4v) is 2.32. The minimum atomic E-state index is -0.889. The zero-order chi connectivity index (χ0) is 17.8. The van der Waals surface area contributed by atoms with Crippen molar-refractivity contribution in [2.45, 2.75) is 45.8 Å². The fraction of sp³-hybridized carbons (Fsp3) is 0.529. The molecule has 126 valence electrons. The van der Waals surface area contributed by atoms with Crippen LogP contribution in [0.15, 0.2) is 18.2 Å². The van der Waals surface area contributed by atoms with Crippen LogP contribution in [0.4, 0.5) is 0 Å². The summed E-state index contributed by atoms with van der Waals surface area (Å²) in [6.07, 6.45) is 0. The minimum Gasteiger partial charge on any atom is -0.336 e. The molecule has 0 aliphatic rings. The summed E-state index contributed by atoms with van der Waals surface area (Å²) in [5.74, 6) is -0.181. The molecule has 0 unspecified atom stereocenters. The molecule has 1 aromatic carbocycles. The van der Waals surface area contributed by atoms with Crippen molar-refractivity contribution >= 4 is 29.1 Å². The molecule has 6 heteroatoms. The molecule has 1 aromatic rings. The standard InChI is InChI=1S/C17H23Cl2N3O/c1-11(2)17(4,10-20)21-16(23)12(3)22(5)9-13-7-6-8-14(18)15(13)19/h6-8,11-12H,9H2,1-5H3,(H,21,23)/t12-,17-/m1/s1. The predicted molar refractivity (Wildman–Crippen MR) is 94.4 cm³/mol. The molecule has 0 heterocycles. The number of carbonyl (C=O) groups excluding carboxylic acids is 1. The van der Waals surface area contributed by atoms with Crippen LogP contribution in [0.5, 0.6) is 0 Å². The van der Waals surface area contributed by atoms with E-state index in [0.29, 0.717) is 16.6 Å². The molecule has 0 bridgehead atoms. The average molecular weight is 356 g/mol. The Kier molecular flexibility index (Phi) is 6.88. The van der Waals surface area contributed by atoms with E-state index in [1.165, 1.54) is 0 Å². The Bertz CT molecular complexity index is 612. The molecule has 1 N–H and O–H groups in total. The van der Waals surface area contributed by atoms with E-state index in [1.807, 2.05) is 37.9 Å². The molecule has 0 radical (unpaired) electrons. The molecule has 1 amide bonds. The van der Waals surface area contributed by atoms with Crippen LogP contribution in [-0.2, 0) is 11.3 Å². The van der Waals surface area contributed by atoms with Crippen LogP contribution in [0.3, 0.4) is 0 Å². The van der Waals surface area contributed by atoms with Crippen LogP contribution in [0, 0.1) is 17.2 Å². The Morgan fingerprint density at radius 2 is 2.00 bits per heavy atom. The summed E-state index contributed by atoms with van der Waals surface area (Å²) in [6, 6.07) is 7.21. The first-order chi connectivity index (χ1) is 10.6. The molecule has 1 rings (SSSR count). The van der Waals surface area contributed by atoms with Gasteiger partial charge in [-0.25, -0.2) is 0 Å². The van der Waals surface area contributed by atoms with E-state index >= 15 is 0 Å². The Hall–Kier alpha value is -1.28. The third-order valence-electron chi connectivity index (χ3n) is 4.26.